The van der Waals surface area contributed by atoms with E-state index in [9.17, 15) is 0 Å². The molecule has 0 bridgehead atoms. The van der Waals surface area contributed by atoms with Gasteiger partial charge in [0, 0.05) is 24.2 Å². The molecule has 1 aromatic heterocycles. The summed E-state index contributed by atoms with van der Waals surface area (Å²) in [6.07, 6.45) is 2.09. The van der Waals surface area contributed by atoms with Crippen LogP contribution in [0.1, 0.15) is 11.1 Å². The Morgan fingerprint density at radius 3 is 2.56 bits per heavy atom. The molecule has 0 fully saturated rings. The van der Waals surface area contributed by atoms with Crippen molar-refractivity contribution >= 4 is 0 Å². The Labute approximate surface area is 110 Å². The van der Waals surface area contributed by atoms with Crippen molar-refractivity contribution in [1.82, 2.24) is 4.90 Å². The molecule has 0 N–H and O–H groups in total. The smallest absolute Gasteiger partial charge is 0.212 e. The molecule has 0 aliphatic heterocycles. The van der Waals surface area contributed by atoms with E-state index in [1.165, 1.54) is 22.4 Å². The maximum atomic E-state index is 2.30. The van der Waals surface area contributed by atoms with Gasteiger partial charge in [0.15, 0.2) is 6.20 Å². The van der Waals surface area contributed by atoms with Gasteiger partial charge in [0.2, 0.25) is 5.69 Å². The van der Waals surface area contributed by atoms with E-state index in [2.05, 4.69) is 80.1 Å². The van der Waals surface area contributed by atoms with Gasteiger partial charge in [-0.1, -0.05) is 12.1 Å². The van der Waals surface area contributed by atoms with Crippen LogP contribution in [0.4, 0.5) is 0 Å². The van der Waals surface area contributed by atoms with Crippen molar-refractivity contribution in [2.45, 2.75) is 13.5 Å². The summed E-state index contributed by atoms with van der Waals surface area (Å²) in [5.74, 6) is 0. The highest BCUT2D eigenvalue weighted by atomic mass is 15.0. The summed E-state index contributed by atoms with van der Waals surface area (Å²) >= 11 is 0. The third-order valence-corrected chi connectivity index (χ3v) is 3.13. The van der Waals surface area contributed by atoms with Crippen LogP contribution in [-0.2, 0) is 13.6 Å². The van der Waals surface area contributed by atoms with Gasteiger partial charge in [-0.05, 0) is 44.3 Å². The van der Waals surface area contributed by atoms with E-state index in [0.29, 0.717) is 0 Å². The molecule has 0 saturated heterocycles. The second kappa shape index (κ2) is 5.32. The highest BCUT2D eigenvalue weighted by molar-refractivity contribution is 5.61. The summed E-state index contributed by atoms with van der Waals surface area (Å²) in [5.41, 5.74) is 5.25. The van der Waals surface area contributed by atoms with Gasteiger partial charge in [0.25, 0.3) is 0 Å². The molecular formula is C16H21N2+. The average Bonchev–Trinajstić information content (AvgIpc) is 2.32. The molecular weight excluding hydrogens is 220 g/mol. The normalized spacial score (nSPS) is 10.9. The molecule has 0 aliphatic carbocycles. The molecule has 0 atom stereocenters. The predicted molar refractivity (Wildman–Crippen MR) is 75.2 cm³/mol. The SMILES string of the molecule is Cc1ccc(CN(C)C)cc1-c1cccc[n+]1C. The number of hydrogen-bond donors (Lipinski definition) is 0. The van der Waals surface area contributed by atoms with Gasteiger partial charge in [-0.3, -0.25) is 0 Å². The van der Waals surface area contributed by atoms with Crippen molar-refractivity contribution in [2.75, 3.05) is 14.1 Å². The van der Waals surface area contributed by atoms with E-state index >= 15 is 0 Å². The zero-order chi connectivity index (χ0) is 13.1. The topological polar surface area (TPSA) is 7.12 Å². The van der Waals surface area contributed by atoms with E-state index in [-0.39, 0.29) is 0 Å². The average molecular weight is 241 g/mol. The van der Waals surface area contributed by atoms with Crippen LogP contribution in [0, 0.1) is 6.92 Å². The number of benzene rings is 1. The first kappa shape index (κ1) is 12.8. The van der Waals surface area contributed by atoms with Gasteiger partial charge in [0.05, 0.1) is 0 Å². The van der Waals surface area contributed by atoms with Crippen molar-refractivity contribution in [1.29, 1.82) is 0 Å². The zero-order valence-electron chi connectivity index (χ0n) is 11.6. The van der Waals surface area contributed by atoms with Gasteiger partial charge in [-0.2, -0.15) is 0 Å². The summed E-state index contributed by atoms with van der Waals surface area (Å²) in [6, 6.07) is 13.0. The Bertz CT molecular complexity index is 545. The molecule has 0 saturated carbocycles. The van der Waals surface area contributed by atoms with E-state index in [1.54, 1.807) is 0 Å². The van der Waals surface area contributed by atoms with Crippen LogP contribution in [0.5, 0.6) is 0 Å². The Hall–Kier alpha value is -1.67. The van der Waals surface area contributed by atoms with E-state index in [0.717, 1.165) is 6.54 Å². The molecule has 94 valence electrons. The molecule has 2 rings (SSSR count). The number of pyridine rings is 1. The third kappa shape index (κ3) is 2.77. The van der Waals surface area contributed by atoms with Gasteiger partial charge in [-0.15, -0.1) is 0 Å². The molecule has 2 aromatic rings. The number of aromatic nitrogens is 1. The minimum Gasteiger partial charge on any atom is -0.305 e. The summed E-state index contributed by atoms with van der Waals surface area (Å²) < 4.78 is 2.17. The first-order valence-corrected chi connectivity index (χ1v) is 6.27. The molecule has 2 nitrogen and oxygen atoms in total. The fraction of sp³-hybridized carbons (Fsp3) is 0.312. The first-order valence-electron chi connectivity index (χ1n) is 6.27. The van der Waals surface area contributed by atoms with Crippen LogP contribution in [0.15, 0.2) is 42.6 Å². The van der Waals surface area contributed by atoms with Crippen molar-refractivity contribution in [3.63, 3.8) is 0 Å². The molecule has 0 radical (unpaired) electrons. The predicted octanol–water partition coefficient (Wildman–Crippen LogP) is 2.55. The second-order valence-electron chi connectivity index (χ2n) is 5.08. The molecule has 0 unspecified atom stereocenters. The Morgan fingerprint density at radius 2 is 1.89 bits per heavy atom. The summed E-state index contributed by atoms with van der Waals surface area (Å²) in [7, 11) is 6.29. The molecule has 0 aliphatic rings. The van der Waals surface area contributed by atoms with Crippen LogP contribution >= 0.6 is 0 Å². The van der Waals surface area contributed by atoms with Crippen molar-refractivity contribution in [2.24, 2.45) is 7.05 Å². The number of nitrogens with zero attached hydrogens (tertiary/aromatic N) is 2. The minimum atomic E-state index is 0.976. The van der Waals surface area contributed by atoms with E-state index in [1.807, 2.05) is 0 Å². The fourth-order valence-electron chi connectivity index (χ4n) is 2.21. The van der Waals surface area contributed by atoms with E-state index in [4.69, 9.17) is 0 Å². The lowest BCUT2D eigenvalue weighted by atomic mass is 10.0. The largest absolute Gasteiger partial charge is 0.305 e. The number of aryl methyl sites for hydroxylation is 2. The maximum Gasteiger partial charge on any atom is 0.212 e. The second-order valence-corrected chi connectivity index (χ2v) is 5.08. The van der Waals surface area contributed by atoms with Crippen LogP contribution in [-0.4, -0.2) is 19.0 Å². The van der Waals surface area contributed by atoms with Crippen LogP contribution in [0.2, 0.25) is 0 Å². The molecule has 18 heavy (non-hydrogen) atoms. The zero-order valence-corrected chi connectivity index (χ0v) is 11.6. The fourth-order valence-corrected chi connectivity index (χ4v) is 2.21. The van der Waals surface area contributed by atoms with Crippen LogP contribution < -0.4 is 4.57 Å². The number of rotatable bonds is 3. The number of hydrogen-bond acceptors (Lipinski definition) is 1. The highest BCUT2D eigenvalue weighted by Crippen LogP contribution is 2.22. The van der Waals surface area contributed by atoms with Gasteiger partial charge >= 0.3 is 0 Å². The van der Waals surface area contributed by atoms with Crippen molar-refractivity contribution < 1.29 is 4.57 Å². The molecule has 0 spiro atoms. The Balaban J connectivity index is 2.47. The molecule has 0 amide bonds. The third-order valence-electron chi connectivity index (χ3n) is 3.13. The van der Waals surface area contributed by atoms with E-state index < -0.39 is 0 Å². The minimum absolute atomic E-state index is 0.976. The first-order chi connectivity index (χ1) is 8.58. The van der Waals surface area contributed by atoms with Gasteiger partial charge in [0.1, 0.15) is 7.05 Å². The maximum absolute atomic E-state index is 2.30. The summed E-state index contributed by atoms with van der Waals surface area (Å²) in [5, 5.41) is 0. The van der Waals surface area contributed by atoms with Crippen LogP contribution in [0.25, 0.3) is 11.3 Å². The quantitative estimate of drug-likeness (QED) is 0.749. The monoisotopic (exact) mass is 241 g/mol. The lowest BCUT2D eigenvalue weighted by Gasteiger charge is -2.12. The van der Waals surface area contributed by atoms with Crippen molar-refractivity contribution in [3.8, 4) is 11.3 Å². The summed E-state index contributed by atoms with van der Waals surface area (Å²) in [6.45, 7) is 3.14. The standard InChI is InChI=1S/C16H21N2/c1-13-8-9-14(12-17(2)3)11-15(13)16-7-5-6-10-18(16)4/h5-11H,12H2,1-4H3/q+1. The van der Waals surface area contributed by atoms with Gasteiger partial charge in [-0.25, -0.2) is 4.57 Å². The molecule has 1 heterocycles. The Kier molecular flexibility index (Phi) is 3.78. The molecule has 2 heteroatoms. The molecule has 1 aromatic carbocycles. The lowest BCUT2D eigenvalue weighted by Crippen LogP contribution is -2.30. The van der Waals surface area contributed by atoms with Crippen LogP contribution in [0.3, 0.4) is 0 Å². The highest BCUT2D eigenvalue weighted by Gasteiger charge is 2.11. The van der Waals surface area contributed by atoms with Crippen molar-refractivity contribution in [3.05, 3.63) is 53.7 Å². The lowest BCUT2D eigenvalue weighted by molar-refractivity contribution is -0.660. The Morgan fingerprint density at radius 1 is 1.11 bits per heavy atom. The summed E-state index contributed by atoms with van der Waals surface area (Å²) in [4.78, 5) is 2.19. The van der Waals surface area contributed by atoms with Gasteiger partial charge < -0.3 is 4.90 Å².